The highest BCUT2D eigenvalue weighted by molar-refractivity contribution is 5.10. The van der Waals surface area contributed by atoms with E-state index in [-0.39, 0.29) is 5.56 Å². The first-order valence-electron chi connectivity index (χ1n) is 6.04. The molecule has 0 amide bonds. The van der Waals surface area contributed by atoms with E-state index in [9.17, 15) is 4.79 Å². The zero-order valence-electron chi connectivity index (χ0n) is 10.5. The average Bonchev–Trinajstić information content (AvgIpc) is 2.23. The smallest absolute Gasteiger partial charge is 0.255 e. The lowest BCUT2D eigenvalue weighted by atomic mass is 10.2. The molecule has 0 aromatic carbocycles. The van der Waals surface area contributed by atoms with Gasteiger partial charge < -0.3 is 9.88 Å². The highest BCUT2D eigenvalue weighted by Gasteiger charge is 2.02. The number of nitrogens with one attached hydrogen (secondary N) is 1. The Morgan fingerprint density at radius 3 is 2.81 bits per heavy atom. The molecule has 0 radical (unpaired) electrons. The molecule has 0 aliphatic heterocycles. The maximum Gasteiger partial charge on any atom is 0.255 e. The van der Waals surface area contributed by atoms with Gasteiger partial charge in [0.2, 0.25) is 0 Å². The Morgan fingerprint density at radius 1 is 1.44 bits per heavy atom. The lowest BCUT2D eigenvalue weighted by Gasteiger charge is -2.09. The molecule has 90 valence electrons. The van der Waals surface area contributed by atoms with Gasteiger partial charge in [-0.25, -0.2) is 0 Å². The molecular weight excluding hydrogens is 200 g/mol. The molecule has 1 aromatic heterocycles. The fourth-order valence-corrected chi connectivity index (χ4v) is 1.63. The third kappa shape index (κ3) is 3.81. The van der Waals surface area contributed by atoms with E-state index in [1.165, 1.54) is 0 Å². The fourth-order valence-electron chi connectivity index (χ4n) is 1.63. The predicted molar refractivity (Wildman–Crippen MR) is 67.5 cm³/mol. The molecule has 0 bridgehead atoms. The van der Waals surface area contributed by atoms with Crippen molar-refractivity contribution in [1.82, 2.24) is 9.88 Å². The van der Waals surface area contributed by atoms with Gasteiger partial charge >= 0.3 is 0 Å². The van der Waals surface area contributed by atoms with Gasteiger partial charge in [-0.05, 0) is 24.9 Å². The second-order valence-electron chi connectivity index (χ2n) is 4.56. The second-order valence-corrected chi connectivity index (χ2v) is 4.56. The minimum absolute atomic E-state index is 0.139. The van der Waals surface area contributed by atoms with Gasteiger partial charge in [0, 0.05) is 24.8 Å². The number of pyridine rings is 1. The van der Waals surface area contributed by atoms with Crippen molar-refractivity contribution in [1.29, 1.82) is 0 Å². The molecule has 0 unspecified atom stereocenters. The lowest BCUT2D eigenvalue weighted by molar-refractivity contribution is 0.546. The van der Waals surface area contributed by atoms with Crippen LogP contribution in [-0.2, 0) is 13.1 Å². The van der Waals surface area contributed by atoms with Gasteiger partial charge in [-0.15, -0.1) is 0 Å². The largest absolute Gasteiger partial charge is 0.315 e. The molecule has 1 N–H and O–H groups in total. The van der Waals surface area contributed by atoms with Crippen molar-refractivity contribution in [3.8, 4) is 0 Å². The van der Waals surface area contributed by atoms with Gasteiger partial charge in [-0.2, -0.15) is 0 Å². The standard InChI is InChI=1S/C13H22N2O/c1-4-7-15-8-5-6-12(13(15)16)10-14-9-11(2)3/h5-6,8,11,14H,4,7,9-10H2,1-3H3. The highest BCUT2D eigenvalue weighted by atomic mass is 16.1. The summed E-state index contributed by atoms with van der Waals surface area (Å²) in [6.07, 6.45) is 2.85. The van der Waals surface area contributed by atoms with E-state index in [1.807, 2.05) is 18.3 Å². The SMILES string of the molecule is CCCn1cccc(CNCC(C)C)c1=O. The van der Waals surface area contributed by atoms with E-state index in [4.69, 9.17) is 0 Å². The molecule has 0 fully saturated rings. The molecule has 16 heavy (non-hydrogen) atoms. The van der Waals surface area contributed by atoms with Crippen molar-refractivity contribution in [3.63, 3.8) is 0 Å². The minimum atomic E-state index is 0.139. The zero-order valence-corrected chi connectivity index (χ0v) is 10.5. The summed E-state index contributed by atoms with van der Waals surface area (Å²) in [5, 5.41) is 3.30. The molecule has 1 aromatic rings. The molecule has 0 saturated carbocycles. The Bertz CT molecular complexity index is 368. The van der Waals surface area contributed by atoms with Crippen molar-refractivity contribution in [2.75, 3.05) is 6.54 Å². The lowest BCUT2D eigenvalue weighted by Crippen LogP contribution is -2.28. The summed E-state index contributed by atoms with van der Waals surface area (Å²) in [5.74, 6) is 0.613. The molecule has 0 saturated heterocycles. The number of hydrogen-bond donors (Lipinski definition) is 1. The molecule has 3 heteroatoms. The Hall–Kier alpha value is -1.09. The summed E-state index contributed by atoms with van der Waals surface area (Å²) in [4.78, 5) is 12.0. The number of hydrogen-bond acceptors (Lipinski definition) is 2. The van der Waals surface area contributed by atoms with E-state index in [0.29, 0.717) is 12.5 Å². The van der Waals surface area contributed by atoms with Gasteiger partial charge in [0.25, 0.3) is 5.56 Å². The molecule has 0 aliphatic rings. The maximum atomic E-state index is 12.0. The first-order chi connectivity index (χ1) is 7.65. The predicted octanol–water partition coefficient (Wildman–Crippen LogP) is 2.00. The minimum Gasteiger partial charge on any atom is -0.315 e. The van der Waals surface area contributed by atoms with Crippen molar-refractivity contribution < 1.29 is 0 Å². The summed E-state index contributed by atoms with van der Waals surface area (Å²) in [7, 11) is 0. The molecular formula is C13H22N2O. The first-order valence-corrected chi connectivity index (χ1v) is 6.04. The van der Waals surface area contributed by atoms with E-state index in [2.05, 4.69) is 26.1 Å². The molecule has 0 aliphatic carbocycles. The van der Waals surface area contributed by atoms with Crippen LogP contribution < -0.4 is 10.9 Å². The van der Waals surface area contributed by atoms with Crippen LogP contribution in [0.5, 0.6) is 0 Å². The fraction of sp³-hybridized carbons (Fsp3) is 0.615. The molecule has 0 spiro atoms. The van der Waals surface area contributed by atoms with Crippen molar-refractivity contribution in [2.24, 2.45) is 5.92 Å². The Labute approximate surface area is 97.5 Å². The summed E-state index contributed by atoms with van der Waals surface area (Å²) < 4.78 is 1.78. The van der Waals surface area contributed by atoms with Crippen LogP contribution in [0.1, 0.15) is 32.8 Å². The Kier molecular flexibility index (Phi) is 5.26. The summed E-state index contributed by atoms with van der Waals surface area (Å²) in [6.45, 7) is 8.82. The maximum absolute atomic E-state index is 12.0. The number of rotatable bonds is 6. The first kappa shape index (κ1) is 13.0. The number of nitrogens with zero attached hydrogens (tertiary/aromatic N) is 1. The third-order valence-corrected chi connectivity index (χ3v) is 2.43. The normalized spacial score (nSPS) is 11.0. The summed E-state index contributed by atoms with van der Waals surface area (Å²) in [5.41, 5.74) is 0.997. The van der Waals surface area contributed by atoms with E-state index < -0.39 is 0 Å². The van der Waals surface area contributed by atoms with Crippen molar-refractivity contribution in [2.45, 2.75) is 40.3 Å². The highest BCUT2D eigenvalue weighted by Crippen LogP contribution is 1.94. The van der Waals surface area contributed by atoms with Crippen molar-refractivity contribution in [3.05, 3.63) is 34.2 Å². The van der Waals surface area contributed by atoms with Gasteiger partial charge in [0.05, 0.1) is 0 Å². The zero-order chi connectivity index (χ0) is 12.0. The second kappa shape index (κ2) is 6.48. The van der Waals surface area contributed by atoms with Crippen molar-refractivity contribution >= 4 is 0 Å². The Morgan fingerprint density at radius 2 is 2.19 bits per heavy atom. The van der Waals surface area contributed by atoms with Gasteiger partial charge in [0.15, 0.2) is 0 Å². The van der Waals surface area contributed by atoms with Crippen LogP contribution in [0, 0.1) is 5.92 Å². The summed E-state index contributed by atoms with van der Waals surface area (Å²) in [6, 6.07) is 3.85. The van der Waals surface area contributed by atoms with E-state index in [1.54, 1.807) is 4.57 Å². The monoisotopic (exact) mass is 222 g/mol. The Balaban J connectivity index is 2.66. The van der Waals surface area contributed by atoms with Crippen LogP contribution in [-0.4, -0.2) is 11.1 Å². The number of aryl methyl sites for hydroxylation is 1. The van der Waals surface area contributed by atoms with E-state index >= 15 is 0 Å². The molecule has 1 heterocycles. The summed E-state index contributed by atoms with van der Waals surface area (Å²) >= 11 is 0. The molecule has 3 nitrogen and oxygen atoms in total. The van der Waals surface area contributed by atoms with Gasteiger partial charge in [-0.1, -0.05) is 26.8 Å². The number of aromatic nitrogens is 1. The average molecular weight is 222 g/mol. The van der Waals surface area contributed by atoms with Crippen LogP contribution in [0.3, 0.4) is 0 Å². The topological polar surface area (TPSA) is 34.0 Å². The van der Waals surface area contributed by atoms with Crippen LogP contribution in [0.4, 0.5) is 0 Å². The van der Waals surface area contributed by atoms with Crippen LogP contribution in [0.2, 0.25) is 0 Å². The van der Waals surface area contributed by atoms with Gasteiger partial charge in [0.1, 0.15) is 0 Å². The van der Waals surface area contributed by atoms with Crippen LogP contribution in [0.15, 0.2) is 23.1 Å². The van der Waals surface area contributed by atoms with Crippen LogP contribution >= 0.6 is 0 Å². The molecule has 1 rings (SSSR count). The van der Waals surface area contributed by atoms with Gasteiger partial charge in [-0.3, -0.25) is 4.79 Å². The molecule has 0 atom stereocenters. The van der Waals surface area contributed by atoms with Crippen LogP contribution in [0.25, 0.3) is 0 Å². The van der Waals surface area contributed by atoms with E-state index in [0.717, 1.165) is 25.1 Å². The third-order valence-electron chi connectivity index (χ3n) is 2.43. The quantitative estimate of drug-likeness (QED) is 0.799.